The number of ether oxygens (including phenoxy) is 1. The summed E-state index contributed by atoms with van der Waals surface area (Å²) < 4.78 is 7.16. The van der Waals surface area contributed by atoms with E-state index in [0.29, 0.717) is 28.3 Å². The van der Waals surface area contributed by atoms with Crippen molar-refractivity contribution in [3.05, 3.63) is 40.1 Å². The van der Waals surface area contributed by atoms with E-state index < -0.39 is 0 Å². The van der Waals surface area contributed by atoms with Crippen LogP contribution in [0.1, 0.15) is 18.5 Å². The van der Waals surface area contributed by atoms with Crippen LogP contribution in [-0.2, 0) is 4.74 Å². The highest BCUT2D eigenvalue weighted by Gasteiger charge is 2.14. The first-order valence-corrected chi connectivity index (χ1v) is 7.03. The van der Waals surface area contributed by atoms with Gasteiger partial charge in [-0.15, -0.1) is 0 Å². The Kier molecular flexibility index (Phi) is 4.91. The van der Waals surface area contributed by atoms with Crippen LogP contribution >= 0.6 is 23.2 Å². The normalized spacial score (nSPS) is 12.4. The van der Waals surface area contributed by atoms with Gasteiger partial charge in [0.1, 0.15) is 0 Å². The molecule has 6 heteroatoms. The summed E-state index contributed by atoms with van der Waals surface area (Å²) in [6, 6.07) is 3.86. The number of aromatic nitrogens is 2. The van der Waals surface area contributed by atoms with Gasteiger partial charge in [-0.05, 0) is 25.5 Å². The number of nitrogens with zero attached hydrogens (tertiary/aromatic N) is 2. The first-order valence-electron chi connectivity index (χ1n) is 6.28. The number of rotatable bonds is 5. The molecule has 0 aliphatic heterocycles. The lowest BCUT2D eigenvalue weighted by atomic mass is 10.2. The largest absolute Gasteiger partial charge is 0.383 e. The summed E-state index contributed by atoms with van der Waals surface area (Å²) >= 11 is 12.5. The molecule has 0 saturated carbocycles. The fourth-order valence-electron chi connectivity index (χ4n) is 1.97. The Bertz CT molecular complexity index is 598. The maximum Gasteiger partial charge on any atom is 0.207 e. The number of hydrogen-bond donors (Lipinski definition) is 1. The van der Waals surface area contributed by atoms with E-state index in [2.05, 4.69) is 17.2 Å². The summed E-state index contributed by atoms with van der Waals surface area (Å²) in [5.74, 6) is 0.684. The summed E-state index contributed by atoms with van der Waals surface area (Å²) in [5.41, 5.74) is 1.63. The van der Waals surface area contributed by atoms with Crippen molar-refractivity contribution in [2.75, 3.05) is 19.0 Å². The smallest absolute Gasteiger partial charge is 0.207 e. The average molecular weight is 314 g/mol. The molecule has 0 spiro atoms. The Morgan fingerprint density at radius 1 is 1.40 bits per heavy atom. The van der Waals surface area contributed by atoms with Crippen molar-refractivity contribution in [3.63, 3.8) is 0 Å². The molecule has 1 aromatic carbocycles. The van der Waals surface area contributed by atoms with E-state index in [1.807, 2.05) is 29.8 Å². The second-order valence-corrected chi connectivity index (χ2v) is 5.43. The van der Waals surface area contributed by atoms with Gasteiger partial charge in [0.25, 0.3) is 0 Å². The van der Waals surface area contributed by atoms with Crippen LogP contribution in [0.15, 0.2) is 24.5 Å². The minimum Gasteiger partial charge on any atom is -0.383 e. The molecule has 0 bridgehead atoms. The molecule has 1 heterocycles. The molecule has 1 N–H and O–H groups in total. The minimum absolute atomic E-state index is 0.160. The van der Waals surface area contributed by atoms with E-state index in [-0.39, 0.29) is 6.04 Å². The van der Waals surface area contributed by atoms with Crippen LogP contribution in [0.4, 0.5) is 11.6 Å². The number of imidazole rings is 1. The number of hydrogen-bond acceptors (Lipinski definition) is 3. The van der Waals surface area contributed by atoms with Crippen molar-refractivity contribution in [1.29, 1.82) is 0 Å². The maximum absolute atomic E-state index is 6.30. The van der Waals surface area contributed by atoms with Crippen molar-refractivity contribution < 1.29 is 4.74 Å². The number of aryl methyl sites for hydroxylation is 1. The predicted octanol–water partition coefficient (Wildman–Crippen LogP) is 4.45. The Balaban J connectivity index is 2.32. The third-order valence-corrected chi connectivity index (χ3v) is 3.87. The molecule has 0 aliphatic rings. The quantitative estimate of drug-likeness (QED) is 0.886. The van der Waals surface area contributed by atoms with Crippen molar-refractivity contribution in [3.8, 4) is 0 Å². The van der Waals surface area contributed by atoms with Gasteiger partial charge in [-0.2, -0.15) is 0 Å². The highest BCUT2D eigenvalue weighted by atomic mass is 35.5. The summed E-state index contributed by atoms with van der Waals surface area (Å²) in [6.07, 6.45) is 3.62. The zero-order valence-corrected chi connectivity index (χ0v) is 13.2. The molecular formula is C14H17Cl2N3O. The lowest BCUT2D eigenvalue weighted by Gasteiger charge is -2.17. The molecule has 0 amide bonds. The maximum atomic E-state index is 6.30. The molecule has 1 unspecified atom stereocenters. The van der Waals surface area contributed by atoms with E-state index in [1.54, 1.807) is 13.3 Å². The zero-order chi connectivity index (χ0) is 14.7. The Hall–Kier alpha value is -1.23. The van der Waals surface area contributed by atoms with E-state index in [0.717, 1.165) is 5.56 Å². The van der Waals surface area contributed by atoms with Crippen molar-refractivity contribution in [2.24, 2.45) is 0 Å². The lowest BCUT2D eigenvalue weighted by molar-refractivity contribution is 0.163. The summed E-state index contributed by atoms with van der Waals surface area (Å²) in [6.45, 7) is 4.58. The Morgan fingerprint density at radius 3 is 2.85 bits per heavy atom. The zero-order valence-electron chi connectivity index (χ0n) is 11.7. The molecule has 0 saturated heterocycles. The topological polar surface area (TPSA) is 39.1 Å². The molecule has 4 nitrogen and oxygen atoms in total. The van der Waals surface area contributed by atoms with Crippen LogP contribution in [0.5, 0.6) is 0 Å². The molecule has 0 aliphatic carbocycles. The Morgan fingerprint density at radius 2 is 2.15 bits per heavy atom. The van der Waals surface area contributed by atoms with Crippen LogP contribution in [0.25, 0.3) is 0 Å². The van der Waals surface area contributed by atoms with Crippen LogP contribution < -0.4 is 5.32 Å². The number of nitrogens with one attached hydrogen (secondary N) is 1. The highest BCUT2D eigenvalue weighted by Crippen LogP contribution is 2.35. The molecule has 2 rings (SSSR count). The van der Waals surface area contributed by atoms with Crippen molar-refractivity contribution in [2.45, 2.75) is 19.9 Å². The van der Waals surface area contributed by atoms with E-state index in [9.17, 15) is 0 Å². The monoisotopic (exact) mass is 313 g/mol. The van der Waals surface area contributed by atoms with Gasteiger partial charge < -0.3 is 14.6 Å². The molecule has 0 radical (unpaired) electrons. The Labute approximate surface area is 128 Å². The van der Waals surface area contributed by atoms with Crippen LogP contribution in [0.3, 0.4) is 0 Å². The average Bonchev–Trinajstić information content (AvgIpc) is 2.88. The fraction of sp³-hybridized carbons (Fsp3) is 0.357. The fourth-order valence-corrected chi connectivity index (χ4v) is 2.44. The molecule has 20 heavy (non-hydrogen) atoms. The van der Waals surface area contributed by atoms with Gasteiger partial charge in [-0.3, -0.25) is 0 Å². The van der Waals surface area contributed by atoms with Gasteiger partial charge in [0.2, 0.25) is 5.95 Å². The van der Waals surface area contributed by atoms with Crippen molar-refractivity contribution >= 4 is 34.8 Å². The molecular weight excluding hydrogens is 297 g/mol. The van der Waals surface area contributed by atoms with E-state index >= 15 is 0 Å². The van der Waals surface area contributed by atoms with E-state index in [4.69, 9.17) is 27.9 Å². The summed E-state index contributed by atoms with van der Waals surface area (Å²) in [4.78, 5) is 4.31. The number of halogens is 2. The predicted molar refractivity (Wildman–Crippen MR) is 83.3 cm³/mol. The number of methoxy groups -OCH3 is 1. The highest BCUT2D eigenvalue weighted by molar-refractivity contribution is 6.39. The first kappa shape index (κ1) is 15.2. The van der Waals surface area contributed by atoms with Gasteiger partial charge in [0.05, 0.1) is 28.4 Å². The number of anilines is 2. The first-order chi connectivity index (χ1) is 9.54. The summed E-state index contributed by atoms with van der Waals surface area (Å²) in [5, 5.41) is 4.37. The SMILES string of the molecule is COCC(C)n1ccnc1Nc1c(Cl)ccc(C)c1Cl. The number of benzene rings is 1. The second-order valence-electron chi connectivity index (χ2n) is 4.64. The van der Waals surface area contributed by atoms with Gasteiger partial charge in [0, 0.05) is 19.5 Å². The molecule has 2 aromatic rings. The third-order valence-electron chi connectivity index (χ3n) is 3.07. The minimum atomic E-state index is 0.160. The van der Waals surface area contributed by atoms with Crippen molar-refractivity contribution in [1.82, 2.24) is 9.55 Å². The van der Waals surface area contributed by atoms with Crippen LogP contribution in [0, 0.1) is 6.92 Å². The van der Waals surface area contributed by atoms with Gasteiger partial charge in [-0.1, -0.05) is 29.3 Å². The van der Waals surface area contributed by atoms with Gasteiger partial charge in [-0.25, -0.2) is 4.98 Å². The second kappa shape index (κ2) is 6.48. The van der Waals surface area contributed by atoms with Crippen LogP contribution in [-0.4, -0.2) is 23.3 Å². The van der Waals surface area contributed by atoms with Crippen LogP contribution in [0.2, 0.25) is 10.0 Å². The van der Waals surface area contributed by atoms with Gasteiger partial charge in [0.15, 0.2) is 0 Å². The molecule has 108 valence electrons. The van der Waals surface area contributed by atoms with Gasteiger partial charge >= 0.3 is 0 Å². The molecule has 0 fully saturated rings. The van der Waals surface area contributed by atoms with E-state index in [1.165, 1.54) is 0 Å². The molecule has 1 atom stereocenters. The molecule has 1 aromatic heterocycles. The standard InChI is InChI=1S/C14H17Cl2N3O/c1-9-4-5-11(15)13(12(9)16)18-14-17-6-7-19(14)10(2)8-20-3/h4-7,10H,8H2,1-3H3,(H,17,18). The summed E-state index contributed by atoms with van der Waals surface area (Å²) in [7, 11) is 1.68. The third kappa shape index (κ3) is 3.08. The lowest BCUT2D eigenvalue weighted by Crippen LogP contribution is -2.13.